The Bertz CT molecular complexity index is 505. The summed E-state index contributed by atoms with van der Waals surface area (Å²) in [5, 5.41) is 0. The summed E-state index contributed by atoms with van der Waals surface area (Å²) in [5.41, 5.74) is 4.72. The van der Waals surface area contributed by atoms with Crippen LogP contribution in [0.4, 0.5) is 0 Å². The van der Waals surface area contributed by atoms with Crippen molar-refractivity contribution in [2.75, 3.05) is 0 Å². The van der Waals surface area contributed by atoms with Gasteiger partial charge in [0.25, 0.3) is 0 Å². The van der Waals surface area contributed by atoms with Crippen LogP contribution in [0.2, 0.25) is 9.45 Å². The van der Waals surface area contributed by atoms with Crippen molar-refractivity contribution in [3.8, 4) is 0 Å². The molecule has 2 aliphatic carbocycles. The molecule has 106 valence electrons. The molecule has 0 aromatic rings. The first-order chi connectivity index (χ1) is 8.03. The quantitative estimate of drug-likeness (QED) is 0.548. The summed E-state index contributed by atoms with van der Waals surface area (Å²) in [7, 11) is 0. The zero-order valence-corrected chi connectivity index (χ0v) is 15.4. The summed E-state index contributed by atoms with van der Waals surface area (Å²) < 4.78 is 6.90. The molecule has 1 unspecified atom stereocenters. The van der Waals surface area contributed by atoms with E-state index in [1.807, 2.05) is 7.76 Å². The second-order valence-electron chi connectivity index (χ2n) is 6.21. The van der Waals surface area contributed by atoms with E-state index in [2.05, 4.69) is 45.9 Å². The Balaban J connectivity index is 0.000000902. The molecule has 1 saturated heterocycles. The predicted octanol–water partition coefficient (Wildman–Crippen LogP) is 5.94. The summed E-state index contributed by atoms with van der Waals surface area (Å²) in [6.07, 6.45) is 8.73. The standard InChI is InChI=1S/2C7H9.C2H4.2ClH.Ti/c2*1-6-3-4-7(2)5-6;1-2;;;/h5H,3H2,1-2H3;3,5,7H,1-2H3;1-2H2;2*1H;. The molecule has 0 nitrogen and oxygen atoms in total. The van der Waals surface area contributed by atoms with Crippen LogP contribution in [-0.2, 0) is 16.6 Å². The zero-order valence-electron chi connectivity index (χ0n) is 12.2. The third-order valence-corrected chi connectivity index (χ3v) is 12.4. The summed E-state index contributed by atoms with van der Waals surface area (Å²) in [6, 6.07) is 0. The van der Waals surface area contributed by atoms with Crippen LogP contribution in [0.15, 0.2) is 42.7 Å². The van der Waals surface area contributed by atoms with Crippen LogP contribution >= 0.6 is 24.8 Å². The Kier molecular flexibility index (Phi) is 5.41. The number of hydrogen-bond donors (Lipinski definition) is 0. The van der Waals surface area contributed by atoms with Gasteiger partial charge in [0.15, 0.2) is 0 Å². The van der Waals surface area contributed by atoms with Crippen LogP contribution in [0.1, 0.15) is 34.1 Å². The maximum Gasteiger partial charge on any atom is -0.147 e. The molecule has 0 N–H and O–H groups in total. The molecule has 1 fully saturated rings. The summed E-state index contributed by atoms with van der Waals surface area (Å²) >= 11 is -1.72. The van der Waals surface area contributed by atoms with Gasteiger partial charge in [-0.15, -0.1) is 24.8 Å². The fourth-order valence-electron chi connectivity index (χ4n) is 3.85. The Morgan fingerprint density at radius 2 is 1.68 bits per heavy atom. The van der Waals surface area contributed by atoms with Gasteiger partial charge in [0.2, 0.25) is 0 Å². The van der Waals surface area contributed by atoms with Gasteiger partial charge >= 0.3 is 109 Å². The molecule has 1 atom stereocenters. The SMILES string of the molecule is CC1=CC(C)[C]([Ti]2([C]3=C(C)C=C(C)C3)[CH2][CH2]2)=C1.Cl.Cl. The molecular weight excluding hydrogens is 311 g/mol. The van der Waals surface area contributed by atoms with Crippen molar-refractivity contribution in [3.63, 3.8) is 0 Å². The molecule has 3 rings (SSSR count). The number of halogens is 2. The van der Waals surface area contributed by atoms with Gasteiger partial charge in [-0.25, -0.2) is 0 Å². The maximum absolute atomic E-state index is 2.53. The average Bonchev–Trinajstić information content (AvgIpc) is 2.86. The first kappa shape index (κ1) is 17.3. The molecule has 0 aromatic heterocycles. The van der Waals surface area contributed by atoms with Crippen molar-refractivity contribution >= 4 is 24.8 Å². The molecule has 3 aliphatic rings. The molecule has 0 amide bonds. The van der Waals surface area contributed by atoms with Gasteiger partial charge in [-0.3, -0.25) is 0 Å². The molecule has 1 heterocycles. The third-order valence-electron chi connectivity index (χ3n) is 4.66. The fraction of sp³-hybridized carbons (Fsp3) is 0.500. The molecule has 0 bridgehead atoms. The largest absolute Gasteiger partial charge is 0.147 e. The van der Waals surface area contributed by atoms with Gasteiger partial charge in [-0.05, 0) is 0 Å². The van der Waals surface area contributed by atoms with Crippen molar-refractivity contribution in [2.24, 2.45) is 5.92 Å². The van der Waals surface area contributed by atoms with Gasteiger partial charge in [-0.2, -0.15) is 0 Å². The third kappa shape index (κ3) is 2.83. The van der Waals surface area contributed by atoms with Crippen LogP contribution in [0, 0.1) is 5.92 Å². The Hall–Kier alpha value is 0.254. The average molecular weight is 335 g/mol. The number of allylic oxidation sites excluding steroid dienone is 8. The van der Waals surface area contributed by atoms with E-state index in [-0.39, 0.29) is 24.8 Å². The summed E-state index contributed by atoms with van der Waals surface area (Å²) in [6.45, 7) is 9.31. The first-order valence-corrected chi connectivity index (χ1v) is 10.6. The van der Waals surface area contributed by atoms with E-state index in [4.69, 9.17) is 0 Å². The van der Waals surface area contributed by atoms with Crippen molar-refractivity contribution < 1.29 is 16.6 Å². The van der Waals surface area contributed by atoms with Gasteiger partial charge in [0, 0.05) is 0 Å². The van der Waals surface area contributed by atoms with E-state index in [1.54, 1.807) is 20.6 Å². The van der Waals surface area contributed by atoms with Crippen molar-refractivity contribution in [2.45, 2.75) is 43.6 Å². The molecule has 19 heavy (non-hydrogen) atoms. The van der Waals surface area contributed by atoms with Gasteiger partial charge < -0.3 is 0 Å². The van der Waals surface area contributed by atoms with Crippen LogP contribution in [-0.4, -0.2) is 0 Å². The second-order valence-corrected chi connectivity index (χ2v) is 13.0. The Morgan fingerprint density at radius 3 is 2.05 bits per heavy atom. The normalized spacial score (nSPS) is 27.2. The number of hydrogen-bond acceptors (Lipinski definition) is 0. The molecule has 1 aliphatic heterocycles. The molecular formula is C16H24Cl2Ti. The maximum atomic E-state index is 2.53. The van der Waals surface area contributed by atoms with Crippen LogP contribution in [0.5, 0.6) is 0 Å². The topological polar surface area (TPSA) is 0 Å². The van der Waals surface area contributed by atoms with E-state index in [1.165, 1.54) is 12.0 Å². The summed E-state index contributed by atoms with van der Waals surface area (Å²) in [5.74, 6) is 0.735. The van der Waals surface area contributed by atoms with Crippen molar-refractivity contribution in [1.82, 2.24) is 0 Å². The minimum absolute atomic E-state index is 0. The van der Waals surface area contributed by atoms with Gasteiger partial charge in [0.1, 0.15) is 0 Å². The van der Waals surface area contributed by atoms with Gasteiger partial charge in [-0.1, -0.05) is 0 Å². The zero-order chi connectivity index (χ0) is 12.2. The minimum atomic E-state index is -1.72. The smallest absolute Gasteiger partial charge is 0.147 e. The van der Waals surface area contributed by atoms with Crippen LogP contribution < -0.4 is 0 Å². The van der Waals surface area contributed by atoms with Crippen molar-refractivity contribution in [3.05, 3.63) is 42.7 Å². The predicted molar refractivity (Wildman–Crippen MR) is 86.2 cm³/mol. The Morgan fingerprint density at radius 1 is 1.05 bits per heavy atom. The van der Waals surface area contributed by atoms with E-state index < -0.39 is 16.6 Å². The van der Waals surface area contributed by atoms with E-state index in [0.717, 1.165) is 5.92 Å². The Labute approximate surface area is 133 Å². The van der Waals surface area contributed by atoms with E-state index in [0.29, 0.717) is 0 Å². The fourth-order valence-corrected chi connectivity index (χ4v) is 12.8. The second kappa shape index (κ2) is 5.94. The van der Waals surface area contributed by atoms with E-state index >= 15 is 0 Å². The summed E-state index contributed by atoms with van der Waals surface area (Å²) in [4.78, 5) is 0. The molecule has 0 aromatic carbocycles. The molecule has 0 spiro atoms. The van der Waals surface area contributed by atoms with Crippen LogP contribution in [0.25, 0.3) is 0 Å². The first-order valence-electron chi connectivity index (χ1n) is 6.81. The van der Waals surface area contributed by atoms with Gasteiger partial charge in [0.05, 0.1) is 0 Å². The van der Waals surface area contributed by atoms with E-state index in [9.17, 15) is 0 Å². The van der Waals surface area contributed by atoms with Crippen LogP contribution in [0.3, 0.4) is 0 Å². The monoisotopic (exact) mass is 334 g/mol. The number of rotatable bonds is 2. The molecule has 0 saturated carbocycles. The molecule has 0 radical (unpaired) electrons. The van der Waals surface area contributed by atoms with Crippen molar-refractivity contribution in [1.29, 1.82) is 0 Å². The molecule has 3 heteroatoms. The minimum Gasteiger partial charge on any atom is -0.147 e.